The Balaban J connectivity index is 1.37. The van der Waals surface area contributed by atoms with Crippen LogP contribution in [0, 0.1) is 24.2 Å². The van der Waals surface area contributed by atoms with Crippen LogP contribution in [0.15, 0.2) is 30.3 Å². The van der Waals surface area contributed by atoms with Crippen LogP contribution in [0.5, 0.6) is 5.75 Å². The molecule has 0 saturated carbocycles. The molecule has 240 valence electrons. The number of rotatable bonds is 9. The predicted octanol–water partition coefficient (Wildman–Crippen LogP) is 6.99. The fraction of sp³-hybridized carbons (Fsp3) is 0.485. The molecule has 3 aromatic rings. The van der Waals surface area contributed by atoms with Gasteiger partial charge in [-0.1, -0.05) is 24.0 Å². The molecule has 0 spiro atoms. The summed E-state index contributed by atoms with van der Waals surface area (Å²) in [5.74, 6) is 5.71. The minimum Gasteiger partial charge on any atom is -0.424 e. The third kappa shape index (κ3) is 8.31. The molecule has 3 heterocycles. The number of halogens is 4. The van der Waals surface area contributed by atoms with Gasteiger partial charge >= 0.3 is 12.9 Å². The number of nitrogens with zero attached hydrogens (tertiary/aromatic N) is 3. The predicted molar refractivity (Wildman–Crippen MR) is 172 cm³/mol. The van der Waals surface area contributed by atoms with Gasteiger partial charge in [0, 0.05) is 50.4 Å². The summed E-state index contributed by atoms with van der Waals surface area (Å²) in [5.41, 5.74) is 1.65. The Morgan fingerprint density at radius 1 is 1.13 bits per heavy atom. The first-order valence-electron chi connectivity index (χ1n) is 15.1. The lowest BCUT2D eigenvalue weighted by molar-refractivity contribution is -0.126. The second-order valence-electron chi connectivity index (χ2n) is 11.4. The van der Waals surface area contributed by atoms with Gasteiger partial charge in [-0.2, -0.15) is 13.2 Å². The van der Waals surface area contributed by atoms with E-state index in [4.69, 9.17) is 16.0 Å². The number of hydrogen-bond acceptors (Lipinski definition) is 7. The molecule has 0 unspecified atom stereocenters. The third-order valence-electron chi connectivity index (χ3n) is 8.07. The Hall–Kier alpha value is -3.71. The summed E-state index contributed by atoms with van der Waals surface area (Å²) in [4.78, 5) is 7.87. The lowest BCUT2D eigenvalue weighted by atomic mass is 10.0. The van der Waals surface area contributed by atoms with Crippen molar-refractivity contribution >= 4 is 38.5 Å². The van der Waals surface area contributed by atoms with Crippen LogP contribution in [-0.4, -0.2) is 75.8 Å². The molecule has 2 N–H and O–H groups in total. The van der Waals surface area contributed by atoms with E-state index in [-0.39, 0.29) is 24.9 Å². The number of alkyl halides is 3. The van der Waals surface area contributed by atoms with Crippen molar-refractivity contribution in [1.82, 2.24) is 4.90 Å². The van der Waals surface area contributed by atoms with Gasteiger partial charge in [-0.15, -0.1) is 11.3 Å². The Kier molecular flexibility index (Phi) is 10.6. The maximum Gasteiger partial charge on any atom is 0.393 e. The average molecular weight is 644 g/mol. The van der Waals surface area contributed by atoms with Gasteiger partial charge < -0.3 is 29.9 Å². The highest BCUT2D eigenvalue weighted by Gasteiger charge is 2.31. The minimum absolute atomic E-state index is 0.0317. The van der Waals surface area contributed by atoms with E-state index in [9.17, 15) is 13.2 Å². The molecule has 2 aliphatic heterocycles. The molecular formula is C33H37F4N5O2S. The monoisotopic (exact) mass is 643 g/mol. The Morgan fingerprint density at radius 2 is 1.89 bits per heavy atom. The van der Waals surface area contributed by atoms with Crippen molar-refractivity contribution in [2.24, 2.45) is 0 Å². The maximum atomic E-state index is 15.1. The number of piperidine rings is 1. The van der Waals surface area contributed by atoms with Crippen LogP contribution < -0.4 is 20.3 Å². The molecule has 45 heavy (non-hydrogen) atoms. The van der Waals surface area contributed by atoms with Crippen LogP contribution in [0.25, 0.3) is 14.9 Å². The zero-order chi connectivity index (χ0) is 32.0. The molecular weight excluding hydrogens is 606 g/mol. The molecule has 0 bridgehead atoms. The molecule has 7 nitrogen and oxygen atoms in total. The number of anilines is 3. The lowest BCUT2D eigenvalue weighted by Gasteiger charge is -2.35. The van der Waals surface area contributed by atoms with E-state index < -0.39 is 18.4 Å². The zero-order valence-corrected chi connectivity index (χ0v) is 26.2. The summed E-state index contributed by atoms with van der Waals surface area (Å²) in [6.45, 7) is 15.2. The molecule has 2 aromatic carbocycles. The Morgan fingerprint density at radius 3 is 2.58 bits per heavy atom. The van der Waals surface area contributed by atoms with E-state index in [2.05, 4.69) is 46.1 Å². The van der Waals surface area contributed by atoms with Crippen molar-refractivity contribution < 1.29 is 27.0 Å². The van der Waals surface area contributed by atoms with Crippen molar-refractivity contribution in [3.63, 3.8) is 0 Å². The number of fused-ring (bicyclic) bond motifs is 1. The standard InChI is InChI=1S/C33H37F4N5O2S/c1-22(2)41-12-9-23(10-13-41)40-27-7-4-6-24-25(20-33(35,36)37)31(45-32(24)27)8-5-11-39-28-18-26(34)29(19-30(28)44-21-38-3)42-14-16-43-17-15-42/h4,6-7,18-19,22-23,39-40H,9-17,20-21H2,1-2H3. The fourth-order valence-corrected chi connectivity index (χ4v) is 6.92. The summed E-state index contributed by atoms with van der Waals surface area (Å²) in [7, 11) is 0. The number of ether oxygens (including phenoxy) is 2. The Bertz CT molecular complexity index is 1580. The SMILES string of the molecule is [C-]#[N+]COc1cc(N2CCOCC2)c(F)cc1NCC#Cc1sc2c(NC3CCN(C(C)C)CC3)cccc2c1CC(F)(F)F. The van der Waals surface area contributed by atoms with Crippen LogP contribution in [-0.2, 0) is 11.2 Å². The smallest absolute Gasteiger partial charge is 0.393 e. The average Bonchev–Trinajstić information content (AvgIpc) is 3.36. The van der Waals surface area contributed by atoms with E-state index >= 15 is 4.39 Å². The number of nitrogens with one attached hydrogen (secondary N) is 2. The van der Waals surface area contributed by atoms with Crippen LogP contribution in [0.1, 0.15) is 37.1 Å². The fourth-order valence-electron chi connectivity index (χ4n) is 5.75. The second-order valence-corrected chi connectivity index (χ2v) is 12.4. The summed E-state index contributed by atoms with van der Waals surface area (Å²) in [5, 5.41) is 7.17. The van der Waals surface area contributed by atoms with Gasteiger partial charge in [0.25, 0.3) is 0 Å². The Labute approximate surface area is 265 Å². The quantitative estimate of drug-likeness (QED) is 0.149. The van der Waals surface area contributed by atoms with Gasteiger partial charge in [0.1, 0.15) is 5.82 Å². The number of likely N-dealkylation sites (tertiary alicyclic amines) is 1. The van der Waals surface area contributed by atoms with E-state index in [0.717, 1.165) is 36.3 Å². The highest BCUT2D eigenvalue weighted by molar-refractivity contribution is 7.20. The molecule has 0 atom stereocenters. The van der Waals surface area contributed by atoms with E-state index in [1.807, 2.05) is 11.0 Å². The largest absolute Gasteiger partial charge is 0.424 e. The molecule has 2 saturated heterocycles. The van der Waals surface area contributed by atoms with Crippen molar-refractivity contribution in [2.75, 3.05) is 68.2 Å². The van der Waals surface area contributed by atoms with Gasteiger partial charge in [-0.3, -0.25) is 4.85 Å². The summed E-state index contributed by atoms with van der Waals surface area (Å²) in [6.07, 6.45) is -3.55. The number of hydrogen-bond donors (Lipinski definition) is 2. The van der Waals surface area contributed by atoms with Gasteiger partial charge in [-0.05, 0) is 43.7 Å². The van der Waals surface area contributed by atoms with Crippen molar-refractivity contribution in [3.8, 4) is 17.6 Å². The van der Waals surface area contributed by atoms with Crippen LogP contribution >= 0.6 is 11.3 Å². The molecule has 0 aliphatic carbocycles. The van der Waals surface area contributed by atoms with Crippen LogP contribution in [0.3, 0.4) is 0 Å². The summed E-state index contributed by atoms with van der Waals surface area (Å²) in [6, 6.07) is 9.01. The second kappa shape index (κ2) is 14.6. The minimum atomic E-state index is -4.40. The van der Waals surface area contributed by atoms with Crippen molar-refractivity contribution in [1.29, 1.82) is 0 Å². The number of morpholine rings is 1. The third-order valence-corrected chi connectivity index (χ3v) is 9.27. The normalized spacial score (nSPS) is 16.4. The first kappa shape index (κ1) is 32.7. The first-order valence-corrected chi connectivity index (χ1v) is 15.9. The maximum absolute atomic E-state index is 15.1. The summed E-state index contributed by atoms with van der Waals surface area (Å²) >= 11 is 1.26. The molecule has 0 radical (unpaired) electrons. The lowest BCUT2D eigenvalue weighted by Crippen LogP contribution is -2.42. The van der Waals surface area contributed by atoms with Crippen molar-refractivity contribution in [2.45, 2.75) is 51.4 Å². The van der Waals surface area contributed by atoms with Gasteiger partial charge in [0.2, 0.25) is 0 Å². The molecule has 0 amide bonds. The van der Waals surface area contributed by atoms with E-state index in [1.165, 1.54) is 17.4 Å². The molecule has 12 heteroatoms. The van der Waals surface area contributed by atoms with Crippen molar-refractivity contribution in [3.05, 3.63) is 58.0 Å². The topological polar surface area (TPSA) is 53.4 Å². The first-order chi connectivity index (χ1) is 21.6. The molecule has 2 aliphatic rings. The molecule has 2 fully saturated rings. The van der Waals surface area contributed by atoms with Gasteiger partial charge in [0.15, 0.2) is 5.75 Å². The molecule has 1 aromatic heterocycles. The van der Waals surface area contributed by atoms with Gasteiger partial charge in [0.05, 0.1) is 52.8 Å². The highest BCUT2D eigenvalue weighted by Crippen LogP contribution is 2.40. The highest BCUT2D eigenvalue weighted by atomic mass is 32.1. The zero-order valence-electron chi connectivity index (χ0n) is 25.4. The van der Waals surface area contributed by atoms with E-state index in [0.29, 0.717) is 59.7 Å². The van der Waals surface area contributed by atoms with Gasteiger partial charge in [-0.25, -0.2) is 11.0 Å². The summed E-state index contributed by atoms with van der Waals surface area (Å²) < 4.78 is 67.9. The van der Waals surface area contributed by atoms with E-state index in [1.54, 1.807) is 18.2 Å². The molecule has 5 rings (SSSR count). The number of thiophene rings is 1. The van der Waals surface area contributed by atoms with Crippen LogP contribution in [0.2, 0.25) is 0 Å². The van der Waals surface area contributed by atoms with Crippen LogP contribution in [0.4, 0.5) is 34.6 Å². The number of benzene rings is 2.